The van der Waals surface area contributed by atoms with Crippen molar-refractivity contribution in [3.63, 3.8) is 0 Å². The zero-order chi connectivity index (χ0) is 19.1. The van der Waals surface area contributed by atoms with Crippen LogP contribution in [0.1, 0.15) is 38.8 Å². The number of aromatic nitrogens is 1. The number of nitrogens with one attached hydrogen (secondary N) is 1. The van der Waals surface area contributed by atoms with Crippen molar-refractivity contribution in [2.75, 3.05) is 6.54 Å². The van der Waals surface area contributed by atoms with Crippen LogP contribution in [0.2, 0.25) is 0 Å². The molecule has 0 bridgehead atoms. The highest BCUT2D eigenvalue weighted by Crippen LogP contribution is 2.39. The van der Waals surface area contributed by atoms with Crippen LogP contribution >= 0.6 is 0 Å². The van der Waals surface area contributed by atoms with Crippen molar-refractivity contribution in [2.45, 2.75) is 19.4 Å². The number of H-pyrrole nitrogens is 1. The van der Waals surface area contributed by atoms with Gasteiger partial charge in [0.2, 0.25) is 0 Å². The van der Waals surface area contributed by atoms with Crippen molar-refractivity contribution >= 4 is 16.8 Å². The van der Waals surface area contributed by atoms with Gasteiger partial charge in [-0.25, -0.2) is 0 Å². The lowest BCUT2D eigenvalue weighted by molar-refractivity contribution is 0.0692. The van der Waals surface area contributed by atoms with E-state index in [1.807, 2.05) is 54.3 Å². The van der Waals surface area contributed by atoms with E-state index in [0.717, 1.165) is 34.3 Å². The Morgan fingerprint density at radius 2 is 1.75 bits per heavy atom. The Hall–Kier alpha value is -3.33. The van der Waals surface area contributed by atoms with E-state index in [-0.39, 0.29) is 11.9 Å². The van der Waals surface area contributed by atoms with Gasteiger partial charge in [-0.1, -0.05) is 66.2 Å². The number of rotatable bonds is 2. The third-order valence-electron chi connectivity index (χ3n) is 5.68. The Bertz CT molecular complexity index is 1160. The fourth-order valence-corrected chi connectivity index (χ4v) is 4.39. The van der Waals surface area contributed by atoms with E-state index in [1.54, 1.807) is 0 Å². The van der Waals surface area contributed by atoms with Gasteiger partial charge in [-0.2, -0.15) is 0 Å². The zero-order valence-corrected chi connectivity index (χ0v) is 15.9. The van der Waals surface area contributed by atoms with Crippen LogP contribution in [0.4, 0.5) is 0 Å². The molecule has 28 heavy (non-hydrogen) atoms. The molecule has 0 radical (unpaired) electrons. The normalized spacial score (nSPS) is 16.2. The number of fused-ring (bicyclic) bond motifs is 3. The highest BCUT2D eigenvalue weighted by atomic mass is 16.2. The van der Waals surface area contributed by atoms with E-state index < -0.39 is 0 Å². The number of carbonyl (C=O) groups excluding carboxylic acids is 1. The number of carbonyl (C=O) groups is 1. The molecule has 1 amide bonds. The maximum Gasteiger partial charge on any atom is 0.254 e. The summed E-state index contributed by atoms with van der Waals surface area (Å²) >= 11 is 0. The van der Waals surface area contributed by atoms with Crippen LogP contribution in [-0.4, -0.2) is 22.3 Å². The summed E-state index contributed by atoms with van der Waals surface area (Å²) in [5.74, 6) is 0.0851. The maximum atomic E-state index is 13.5. The van der Waals surface area contributed by atoms with Gasteiger partial charge >= 0.3 is 0 Å². The molecule has 3 aromatic carbocycles. The largest absolute Gasteiger partial charge is 0.356 e. The molecule has 1 aliphatic rings. The minimum Gasteiger partial charge on any atom is -0.356 e. The highest BCUT2D eigenvalue weighted by Gasteiger charge is 2.34. The van der Waals surface area contributed by atoms with Crippen molar-refractivity contribution in [3.05, 3.63) is 107 Å². The molecular formula is C25H22N2O. The second-order valence-electron chi connectivity index (χ2n) is 7.49. The van der Waals surface area contributed by atoms with Gasteiger partial charge in [-0.15, -0.1) is 0 Å². The third-order valence-corrected chi connectivity index (χ3v) is 5.68. The number of aryl methyl sites for hydroxylation is 1. The summed E-state index contributed by atoms with van der Waals surface area (Å²) in [6, 6.07) is 26.5. The van der Waals surface area contributed by atoms with Gasteiger partial charge in [0.25, 0.3) is 5.91 Å². The first-order valence-corrected chi connectivity index (χ1v) is 9.74. The van der Waals surface area contributed by atoms with Gasteiger partial charge in [0.1, 0.15) is 0 Å². The summed E-state index contributed by atoms with van der Waals surface area (Å²) in [4.78, 5) is 19.1. The van der Waals surface area contributed by atoms with Crippen molar-refractivity contribution < 1.29 is 4.79 Å². The number of benzene rings is 3. The Kier molecular flexibility index (Phi) is 4.01. The van der Waals surface area contributed by atoms with Gasteiger partial charge in [-0.05, 0) is 42.7 Å². The van der Waals surface area contributed by atoms with E-state index >= 15 is 0 Å². The van der Waals surface area contributed by atoms with Crippen LogP contribution in [0.15, 0.2) is 78.9 Å². The molecule has 0 fully saturated rings. The van der Waals surface area contributed by atoms with Gasteiger partial charge in [0, 0.05) is 28.7 Å². The van der Waals surface area contributed by atoms with Gasteiger partial charge in [-0.3, -0.25) is 4.79 Å². The molecule has 4 aromatic rings. The number of para-hydroxylation sites is 1. The fourth-order valence-electron chi connectivity index (χ4n) is 4.39. The Labute approximate surface area is 164 Å². The summed E-state index contributed by atoms with van der Waals surface area (Å²) in [7, 11) is 0. The molecule has 0 aliphatic carbocycles. The standard InChI is InChI=1S/C25H22N2O/c1-17-8-7-11-19(16-17)25(28)27-15-14-21-20-12-5-6-13-22(20)26-23(21)24(27)18-9-3-2-4-10-18/h2-13,16,24,26H,14-15H2,1H3/t24-/m0/s1. The number of nitrogens with zero attached hydrogens (tertiary/aromatic N) is 1. The predicted molar refractivity (Wildman–Crippen MR) is 113 cm³/mol. The molecular weight excluding hydrogens is 344 g/mol. The molecule has 1 aliphatic heterocycles. The van der Waals surface area contributed by atoms with E-state index in [0.29, 0.717) is 6.54 Å². The number of amides is 1. The molecule has 5 rings (SSSR count). The molecule has 0 saturated heterocycles. The third kappa shape index (κ3) is 2.71. The topological polar surface area (TPSA) is 36.1 Å². The smallest absolute Gasteiger partial charge is 0.254 e. The maximum absolute atomic E-state index is 13.5. The van der Waals surface area contributed by atoms with E-state index in [9.17, 15) is 4.79 Å². The van der Waals surface area contributed by atoms with Gasteiger partial charge < -0.3 is 9.88 Å². The molecule has 3 nitrogen and oxygen atoms in total. The lowest BCUT2D eigenvalue weighted by atomic mass is 9.91. The monoisotopic (exact) mass is 366 g/mol. The summed E-state index contributed by atoms with van der Waals surface area (Å²) in [6.07, 6.45) is 0.861. The van der Waals surface area contributed by atoms with E-state index in [1.165, 1.54) is 10.9 Å². The van der Waals surface area contributed by atoms with Crippen molar-refractivity contribution in [1.29, 1.82) is 0 Å². The Morgan fingerprint density at radius 1 is 0.964 bits per heavy atom. The number of hydrogen-bond acceptors (Lipinski definition) is 1. The lowest BCUT2D eigenvalue weighted by Gasteiger charge is -2.36. The quantitative estimate of drug-likeness (QED) is 0.516. The minimum atomic E-state index is -0.106. The second kappa shape index (κ2) is 6.68. The van der Waals surface area contributed by atoms with Crippen molar-refractivity contribution in [2.24, 2.45) is 0 Å². The summed E-state index contributed by atoms with van der Waals surface area (Å²) < 4.78 is 0. The van der Waals surface area contributed by atoms with Crippen LogP contribution in [0, 0.1) is 6.92 Å². The first-order valence-electron chi connectivity index (χ1n) is 9.74. The highest BCUT2D eigenvalue weighted by molar-refractivity contribution is 5.95. The van der Waals surface area contributed by atoms with Crippen molar-refractivity contribution in [3.8, 4) is 0 Å². The predicted octanol–water partition coefficient (Wildman–Crippen LogP) is 5.26. The van der Waals surface area contributed by atoms with E-state index in [4.69, 9.17) is 0 Å². The number of hydrogen-bond donors (Lipinski definition) is 1. The summed E-state index contributed by atoms with van der Waals surface area (Å²) in [6.45, 7) is 2.73. The minimum absolute atomic E-state index is 0.0851. The van der Waals surface area contributed by atoms with Crippen LogP contribution in [0.3, 0.4) is 0 Å². The van der Waals surface area contributed by atoms with Crippen molar-refractivity contribution in [1.82, 2.24) is 9.88 Å². The molecule has 1 N–H and O–H groups in total. The lowest BCUT2D eigenvalue weighted by Crippen LogP contribution is -2.40. The SMILES string of the molecule is Cc1cccc(C(=O)N2CCc3c([nH]c4ccccc34)[C@@H]2c2ccccc2)c1. The fraction of sp³-hybridized carbons (Fsp3) is 0.160. The molecule has 0 saturated carbocycles. The summed E-state index contributed by atoms with van der Waals surface area (Å²) in [5.41, 5.74) is 6.60. The van der Waals surface area contributed by atoms with Crippen LogP contribution in [0.5, 0.6) is 0 Å². The molecule has 0 unspecified atom stereocenters. The second-order valence-corrected chi connectivity index (χ2v) is 7.49. The molecule has 2 heterocycles. The average molecular weight is 366 g/mol. The van der Waals surface area contributed by atoms with E-state index in [2.05, 4.69) is 41.4 Å². The van der Waals surface area contributed by atoms with Crippen LogP contribution < -0.4 is 0 Å². The molecule has 138 valence electrons. The van der Waals surface area contributed by atoms with Gasteiger partial charge in [0.05, 0.1) is 6.04 Å². The Balaban J connectivity index is 1.66. The molecule has 1 atom stereocenters. The summed E-state index contributed by atoms with van der Waals surface area (Å²) in [5, 5.41) is 1.26. The number of aromatic amines is 1. The first kappa shape index (κ1) is 16.8. The molecule has 3 heteroatoms. The average Bonchev–Trinajstić information content (AvgIpc) is 3.12. The molecule has 1 aromatic heterocycles. The zero-order valence-electron chi connectivity index (χ0n) is 15.9. The Morgan fingerprint density at radius 3 is 2.57 bits per heavy atom. The van der Waals surface area contributed by atoms with Gasteiger partial charge in [0.15, 0.2) is 0 Å². The van der Waals surface area contributed by atoms with Crippen LogP contribution in [0.25, 0.3) is 10.9 Å². The van der Waals surface area contributed by atoms with Crippen LogP contribution in [-0.2, 0) is 6.42 Å². The first-order chi connectivity index (χ1) is 13.7. The molecule has 0 spiro atoms.